The van der Waals surface area contributed by atoms with E-state index in [1.54, 1.807) is 24.3 Å². The third kappa shape index (κ3) is 7.83. The van der Waals surface area contributed by atoms with E-state index in [1.807, 2.05) is 0 Å². The van der Waals surface area contributed by atoms with Crippen LogP contribution in [0.2, 0.25) is 0 Å². The molecular formula is C30H30O14. The van der Waals surface area contributed by atoms with Gasteiger partial charge in [0.2, 0.25) is 23.6 Å². The van der Waals surface area contributed by atoms with Crippen LogP contribution in [0.4, 0.5) is 0 Å². The maximum Gasteiger partial charge on any atom is 0.303 e. The van der Waals surface area contributed by atoms with Gasteiger partial charge in [-0.25, -0.2) is 0 Å². The zero-order valence-electron chi connectivity index (χ0n) is 24.4. The molecular weight excluding hydrogens is 584 g/mol. The van der Waals surface area contributed by atoms with E-state index in [0.717, 1.165) is 27.0 Å². The summed E-state index contributed by atoms with van der Waals surface area (Å²) in [5.74, 6) is -1.92. The third-order valence-corrected chi connectivity index (χ3v) is 6.20. The summed E-state index contributed by atoms with van der Waals surface area (Å²) >= 11 is 0. The van der Waals surface area contributed by atoms with Crippen LogP contribution in [0.5, 0.6) is 23.0 Å². The van der Waals surface area contributed by atoms with Crippen LogP contribution in [0, 0.1) is 0 Å². The van der Waals surface area contributed by atoms with E-state index < -0.39 is 66.6 Å². The maximum absolute atomic E-state index is 13.1. The Morgan fingerprint density at radius 2 is 1.34 bits per heavy atom. The van der Waals surface area contributed by atoms with Crippen LogP contribution in [-0.2, 0) is 42.9 Å². The number of fused-ring (bicyclic) bond motifs is 1. The molecule has 0 N–H and O–H groups in total. The standard InChI is InChI=1S/C30H30O14/c1-15(31)37-14-25-27(39-16(2)32)28(40-17(3)33)29(41-18(4)34)30(44-25)43-21-10-11-22-23(12-21)38-13-24(26(22)35)42-20-8-6-19(36-5)7-9-20/h6-13,25,27-30H,14H2,1-5H3/t25-,27+,28-,29-,30-/m1/s1. The molecule has 1 aromatic heterocycles. The van der Waals surface area contributed by atoms with Gasteiger partial charge in [-0.3, -0.25) is 24.0 Å². The van der Waals surface area contributed by atoms with Crippen molar-refractivity contribution >= 4 is 34.8 Å². The summed E-state index contributed by atoms with van der Waals surface area (Å²) in [6.07, 6.45) is -5.68. The molecule has 3 aromatic rings. The highest BCUT2D eigenvalue weighted by Crippen LogP contribution is 2.32. The minimum absolute atomic E-state index is 0.0593. The topological polar surface area (TPSA) is 172 Å². The molecule has 234 valence electrons. The molecule has 1 aliphatic rings. The molecule has 0 aliphatic carbocycles. The molecule has 0 saturated carbocycles. The van der Waals surface area contributed by atoms with E-state index in [4.69, 9.17) is 42.3 Å². The highest BCUT2D eigenvalue weighted by atomic mass is 16.7. The lowest BCUT2D eigenvalue weighted by Crippen LogP contribution is -2.63. The first-order chi connectivity index (χ1) is 20.9. The van der Waals surface area contributed by atoms with Crippen LogP contribution in [0.15, 0.2) is 57.9 Å². The van der Waals surface area contributed by atoms with Crippen molar-refractivity contribution in [1.82, 2.24) is 0 Å². The molecule has 5 atom stereocenters. The summed E-state index contributed by atoms with van der Waals surface area (Å²) in [5, 5.41) is 0.171. The Bertz CT molecular complexity index is 1580. The van der Waals surface area contributed by atoms with Gasteiger partial charge in [0.1, 0.15) is 41.8 Å². The molecule has 0 amide bonds. The fourth-order valence-corrected chi connectivity index (χ4v) is 4.42. The average Bonchev–Trinajstić information content (AvgIpc) is 2.96. The summed E-state index contributed by atoms with van der Waals surface area (Å²) in [5.41, 5.74) is -0.332. The Labute approximate surface area is 250 Å². The highest BCUT2D eigenvalue weighted by Gasteiger charge is 2.53. The number of benzene rings is 2. The van der Waals surface area contributed by atoms with Crippen LogP contribution in [0.3, 0.4) is 0 Å². The van der Waals surface area contributed by atoms with Gasteiger partial charge in [0.05, 0.1) is 12.5 Å². The Morgan fingerprint density at radius 1 is 0.750 bits per heavy atom. The molecule has 1 fully saturated rings. The number of carbonyl (C=O) groups excluding carboxylic acids is 4. The number of rotatable bonds is 10. The monoisotopic (exact) mass is 614 g/mol. The van der Waals surface area contributed by atoms with Gasteiger partial charge in [-0.2, -0.15) is 0 Å². The van der Waals surface area contributed by atoms with Crippen molar-refractivity contribution in [1.29, 1.82) is 0 Å². The molecule has 44 heavy (non-hydrogen) atoms. The first-order valence-corrected chi connectivity index (χ1v) is 13.3. The molecule has 14 heteroatoms. The Hall–Kier alpha value is -5.11. The lowest BCUT2D eigenvalue weighted by Gasteiger charge is -2.43. The van der Waals surface area contributed by atoms with E-state index >= 15 is 0 Å². The second-order valence-electron chi connectivity index (χ2n) is 9.55. The molecule has 14 nitrogen and oxygen atoms in total. The fraction of sp³-hybridized carbons (Fsp3) is 0.367. The smallest absolute Gasteiger partial charge is 0.303 e. The van der Waals surface area contributed by atoms with Crippen molar-refractivity contribution in [2.45, 2.75) is 58.4 Å². The van der Waals surface area contributed by atoms with E-state index in [2.05, 4.69) is 0 Å². The van der Waals surface area contributed by atoms with Crippen LogP contribution in [-0.4, -0.2) is 68.3 Å². The van der Waals surface area contributed by atoms with Gasteiger partial charge in [0.15, 0.2) is 12.2 Å². The Balaban J connectivity index is 1.65. The summed E-state index contributed by atoms with van der Waals surface area (Å²) in [6, 6.07) is 10.9. The molecule has 2 heterocycles. The quantitative estimate of drug-likeness (QED) is 0.241. The maximum atomic E-state index is 13.1. The van der Waals surface area contributed by atoms with Crippen LogP contribution in [0.1, 0.15) is 27.7 Å². The van der Waals surface area contributed by atoms with Crippen LogP contribution < -0.4 is 19.6 Å². The van der Waals surface area contributed by atoms with Gasteiger partial charge in [0, 0.05) is 33.8 Å². The SMILES string of the molecule is COc1ccc(Oc2coc3cc(O[C@@H]4O[C@H](COC(C)=O)[C@H](OC(C)=O)[C@@H](OC(C)=O)[C@H]4OC(C)=O)ccc3c2=O)cc1. The van der Waals surface area contributed by atoms with Gasteiger partial charge in [0.25, 0.3) is 0 Å². The predicted molar refractivity (Wildman–Crippen MR) is 148 cm³/mol. The minimum Gasteiger partial charge on any atom is -0.497 e. The van der Waals surface area contributed by atoms with Crippen molar-refractivity contribution < 1.29 is 61.5 Å². The number of hydrogen-bond donors (Lipinski definition) is 0. The van der Waals surface area contributed by atoms with Crippen molar-refractivity contribution in [3.05, 3.63) is 59.0 Å². The molecule has 2 aromatic carbocycles. The number of carbonyl (C=O) groups is 4. The second kappa shape index (κ2) is 13.9. The number of esters is 4. The second-order valence-corrected chi connectivity index (χ2v) is 9.55. The van der Waals surface area contributed by atoms with E-state index in [9.17, 15) is 24.0 Å². The molecule has 4 rings (SSSR count). The highest BCUT2D eigenvalue weighted by molar-refractivity contribution is 5.79. The van der Waals surface area contributed by atoms with Crippen molar-refractivity contribution in [2.75, 3.05) is 13.7 Å². The van der Waals surface area contributed by atoms with E-state index in [0.29, 0.717) is 11.5 Å². The summed E-state index contributed by atoms with van der Waals surface area (Å²) in [4.78, 5) is 60.7. The zero-order chi connectivity index (χ0) is 32.0. The summed E-state index contributed by atoms with van der Waals surface area (Å²) in [6.45, 7) is 4.10. The summed E-state index contributed by atoms with van der Waals surface area (Å²) < 4.78 is 49.6. The normalized spacial score (nSPS) is 21.1. The number of ether oxygens (including phenoxy) is 8. The molecule has 0 radical (unpaired) electrons. The van der Waals surface area contributed by atoms with E-state index in [1.165, 1.54) is 32.2 Å². The van der Waals surface area contributed by atoms with Crippen molar-refractivity contribution in [2.24, 2.45) is 0 Å². The molecule has 1 aliphatic heterocycles. The predicted octanol–water partition coefficient (Wildman–Crippen LogP) is 3.06. The molecule has 0 spiro atoms. The Morgan fingerprint density at radius 3 is 1.95 bits per heavy atom. The van der Waals surface area contributed by atoms with Gasteiger partial charge in [-0.1, -0.05) is 0 Å². The molecule has 0 bridgehead atoms. The van der Waals surface area contributed by atoms with E-state index in [-0.39, 0.29) is 22.5 Å². The minimum atomic E-state index is -1.46. The largest absolute Gasteiger partial charge is 0.497 e. The lowest BCUT2D eigenvalue weighted by molar-refractivity contribution is -0.288. The third-order valence-electron chi connectivity index (χ3n) is 6.20. The van der Waals surface area contributed by atoms with Crippen molar-refractivity contribution in [3.63, 3.8) is 0 Å². The average molecular weight is 615 g/mol. The van der Waals surface area contributed by atoms with Gasteiger partial charge >= 0.3 is 23.9 Å². The first-order valence-electron chi connectivity index (χ1n) is 13.3. The summed E-state index contributed by atoms with van der Waals surface area (Å²) in [7, 11) is 1.53. The molecule has 1 saturated heterocycles. The number of hydrogen-bond acceptors (Lipinski definition) is 14. The fourth-order valence-electron chi connectivity index (χ4n) is 4.42. The number of methoxy groups -OCH3 is 1. The van der Waals surface area contributed by atoms with Gasteiger partial charge < -0.3 is 42.3 Å². The molecule has 0 unspecified atom stereocenters. The van der Waals surface area contributed by atoms with Gasteiger partial charge in [-0.15, -0.1) is 0 Å². The Kier molecular flexibility index (Phi) is 10.1. The van der Waals surface area contributed by atoms with Crippen LogP contribution in [0.25, 0.3) is 11.0 Å². The first kappa shape index (κ1) is 31.8. The lowest BCUT2D eigenvalue weighted by atomic mass is 9.98. The van der Waals surface area contributed by atoms with Gasteiger partial charge in [-0.05, 0) is 36.4 Å². The van der Waals surface area contributed by atoms with Crippen molar-refractivity contribution in [3.8, 4) is 23.0 Å². The zero-order valence-corrected chi connectivity index (χ0v) is 24.4. The van der Waals surface area contributed by atoms with Crippen LogP contribution >= 0.6 is 0 Å².